The van der Waals surface area contributed by atoms with Crippen molar-refractivity contribution in [1.29, 1.82) is 0 Å². The Balaban J connectivity index is 2.09. The molecule has 2 rings (SSSR count). The molecule has 2 aromatic rings. The van der Waals surface area contributed by atoms with Crippen LogP contribution < -0.4 is 4.72 Å². The van der Waals surface area contributed by atoms with Gasteiger partial charge in [0.25, 0.3) is 0 Å². The highest BCUT2D eigenvalue weighted by Gasteiger charge is 2.18. The first kappa shape index (κ1) is 14.7. The fourth-order valence-electron chi connectivity index (χ4n) is 1.90. The first-order valence-corrected chi connectivity index (χ1v) is 7.73. The van der Waals surface area contributed by atoms with Gasteiger partial charge in [-0.15, -0.1) is 0 Å². The number of sulfonamides is 1. The Morgan fingerprint density at radius 1 is 1.05 bits per heavy atom. The molecule has 2 aromatic carbocycles. The van der Waals surface area contributed by atoms with Gasteiger partial charge in [0.1, 0.15) is 6.17 Å². The summed E-state index contributed by atoms with van der Waals surface area (Å²) in [6.45, 7) is 1.43. The van der Waals surface area contributed by atoms with Crippen molar-refractivity contribution in [3.05, 3.63) is 65.7 Å². The second-order valence-corrected chi connectivity index (χ2v) is 6.23. The average molecular weight is 293 g/mol. The monoisotopic (exact) mass is 293 g/mol. The van der Waals surface area contributed by atoms with Gasteiger partial charge in [-0.3, -0.25) is 0 Å². The number of nitrogens with one attached hydrogen (secondary N) is 1. The van der Waals surface area contributed by atoms with Gasteiger partial charge in [0.05, 0.1) is 4.90 Å². The minimum atomic E-state index is -3.68. The van der Waals surface area contributed by atoms with E-state index in [1.165, 1.54) is 6.07 Å². The van der Waals surface area contributed by atoms with Gasteiger partial charge in [0, 0.05) is 6.54 Å². The zero-order valence-corrected chi connectivity index (χ0v) is 11.9. The van der Waals surface area contributed by atoms with Crippen molar-refractivity contribution in [1.82, 2.24) is 4.72 Å². The molecule has 0 spiro atoms. The molecule has 5 heteroatoms. The fourth-order valence-corrected chi connectivity index (χ4v) is 3.17. The lowest BCUT2D eigenvalue weighted by Gasteiger charge is -2.12. The number of hydrogen-bond donors (Lipinski definition) is 1. The van der Waals surface area contributed by atoms with Crippen LogP contribution in [0.3, 0.4) is 0 Å². The van der Waals surface area contributed by atoms with Crippen LogP contribution in [-0.4, -0.2) is 15.0 Å². The van der Waals surface area contributed by atoms with Crippen LogP contribution in [0.2, 0.25) is 0 Å². The van der Waals surface area contributed by atoms with E-state index in [0.29, 0.717) is 11.1 Å². The van der Waals surface area contributed by atoms with Crippen LogP contribution >= 0.6 is 0 Å². The minimum Gasteiger partial charge on any atom is -0.241 e. The van der Waals surface area contributed by atoms with Crippen molar-refractivity contribution >= 4 is 10.0 Å². The lowest BCUT2D eigenvalue weighted by Crippen LogP contribution is -2.27. The van der Waals surface area contributed by atoms with Gasteiger partial charge in [0.2, 0.25) is 10.0 Å². The number of benzene rings is 2. The Morgan fingerprint density at radius 3 is 2.30 bits per heavy atom. The summed E-state index contributed by atoms with van der Waals surface area (Å²) in [5, 5.41) is 0. The first-order valence-electron chi connectivity index (χ1n) is 6.25. The number of aryl methyl sites for hydroxylation is 1. The van der Waals surface area contributed by atoms with Crippen LogP contribution in [0.5, 0.6) is 0 Å². The van der Waals surface area contributed by atoms with Gasteiger partial charge in [-0.05, 0) is 24.1 Å². The van der Waals surface area contributed by atoms with Gasteiger partial charge < -0.3 is 0 Å². The number of rotatable bonds is 5. The maximum Gasteiger partial charge on any atom is 0.240 e. The molecular formula is C15H16FNO2S. The zero-order valence-electron chi connectivity index (χ0n) is 11.1. The third-order valence-electron chi connectivity index (χ3n) is 3.00. The SMILES string of the molecule is Cc1ccccc1S(=O)(=O)NCC(F)c1ccccc1. The van der Waals surface area contributed by atoms with Crippen LogP contribution in [-0.2, 0) is 10.0 Å². The molecule has 106 valence electrons. The topological polar surface area (TPSA) is 46.2 Å². The summed E-state index contributed by atoms with van der Waals surface area (Å²) in [5.41, 5.74) is 1.09. The fraction of sp³-hybridized carbons (Fsp3) is 0.200. The predicted molar refractivity (Wildman–Crippen MR) is 76.7 cm³/mol. The van der Waals surface area contributed by atoms with E-state index in [4.69, 9.17) is 0 Å². The van der Waals surface area contributed by atoms with Gasteiger partial charge >= 0.3 is 0 Å². The Hall–Kier alpha value is -1.72. The Kier molecular flexibility index (Phi) is 4.52. The lowest BCUT2D eigenvalue weighted by atomic mass is 10.1. The van der Waals surface area contributed by atoms with Crippen molar-refractivity contribution in [2.45, 2.75) is 18.0 Å². The summed E-state index contributed by atoms with van der Waals surface area (Å²) in [4.78, 5) is 0.181. The van der Waals surface area contributed by atoms with Crippen molar-refractivity contribution in [2.24, 2.45) is 0 Å². The van der Waals surface area contributed by atoms with Crippen LogP contribution in [0.25, 0.3) is 0 Å². The van der Waals surface area contributed by atoms with Crippen molar-refractivity contribution in [3.8, 4) is 0 Å². The molecule has 0 radical (unpaired) electrons. The third-order valence-corrected chi connectivity index (χ3v) is 4.58. The normalized spacial score (nSPS) is 13.1. The Morgan fingerprint density at radius 2 is 1.65 bits per heavy atom. The summed E-state index contributed by atoms with van der Waals surface area (Å²) >= 11 is 0. The first-order chi connectivity index (χ1) is 9.50. The van der Waals surface area contributed by atoms with Crippen LogP contribution in [0.1, 0.15) is 17.3 Å². The highest BCUT2D eigenvalue weighted by molar-refractivity contribution is 7.89. The summed E-state index contributed by atoms with van der Waals surface area (Å²) in [6.07, 6.45) is -1.37. The van der Waals surface area contributed by atoms with Gasteiger partial charge in [-0.25, -0.2) is 17.5 Å². The molecule has 1 atom stereocenters. The molecule has 3 nitrogen and oxygen atoms in total. The van der Waals surface area contributed by atoms with Gasteiger partial charge in [-0.1, -0.05) is 48.5 Å². The Bertz CT molecular complexity index is 671. The molecule has 0 fully saturated rings. The maximum absolute atomic E-state index is 14.0. The second-order valence-electron chi connectivity index (χ2n) is 4.50. The lowest BCUT2D eigenvalue weighted by molar-refractivity contribution is 0.343. The summed E-state index contributed by atoms with van der Waals surface area (Å²) in [7, 11) is -3.68. The molecule has 0 aromatic heterocycles. The predicted octanol–water partition coefficient (Wildman–Crippen LogP) is 2.98. The summed E-state index contributed by atoms with van der Waals surface area (Å²) < 4.78 is 40.5. The van der Waals surface area contributed by atoms with E-state index in [1.807, 2.05) is 0 Å². The van der Waals surface area contributed by atoms with E-state index in [9.17, 15) is 12.8 Å². The van der Waals surface area contributed by atoms with Gasteiger partial charge in [-0.2, -0.15) is 0 Å². The van der Waals surface area contributed by atoms with Crippen molar-refractivity contribution in [2.75, 3.05) is 6.54 Å². The molecule has 0 saturated carbocycles. The molecule has 0 aliphatic heterocycles. The molecule has 0 saturated heterocycles. The van der Waals surface area contributed by atoms with Gasteiger partial charge in [0.15, 0.2) is 0 Å². The molecule has 0 bridgehead atoms. The minimum absolute atomic E-state index is 0.181. The smallest absolute Gasteiger partial charge is 0.240 e. The zero-order chi connectivity index (χ0) is 14.6. The van der Waals surface area contributed by atoms with Crippen LogP contribution in [0, 0.1) is 6.92 Å². The van der Waals surface area contributed by atoms with E-state index >= 15 is 0 Å². The van der Waals surface area contributed by atoms with Crippen molar-refractivity contribution < 1.29 is 12.8 Å². The van der Waals surface area contributed by atoms with E-state index in [2.05, 4.69) is 4.72 Å². The standard InChI is InChI=1S/C15H16FNO2S/c1-12-7-5-6-10-15(12)20(18,19)17-11-14(16)13-8-3-2-4-9-13/h2-10,14,17H,11H2,1H3. The molecule has 0 aliphatic rings. The quantitative estimate of drug-likeness (QED) is 0.921. The molecule has 0 amide bonds. The molecule has 1 unspecified atom stereocenters. The van der Waals surface area contributed by atoms with Crippen LogP contribution in [0.15, 0.2) is 59.5 Å². The Labute approximate surface area is 118 Å². The van der Waals surface area contributed by atoms with E-state index in [0.717, 1.165) is 0 Å². The molecule has 0 heterocycles. The largest absolute Gasteiger partial charge is 0.241 e. The average Bonchev–Trinajstić information content (AvgIpc) is 2.46. The van der Waals surface area contributed by atoms with Crippen LogP contribution in [0.4, 0.5) is 4.39 Å². The highest BCUT2D eigenvalue weighted by Crippen LogP contribution is 2.18. The molecular weight excluding hydrogens is 277 g/mol. The third kappa shape index (κ3) is 3.43. The molecule has 1 N–H and O–H groups in total. The van der Waals surface area contributed by atoms with E-state index in [-0.39, 0.29) is 11.4 Å². The highest BCUT2D eigenvalue weighted by atomic mass is 32.2. The van der Waals surface area contributed by atoms with Crippen molar-refractivity contribution in [3.63, 3.8) is 0 Å². The molecule has 20 heavy (non-hydrogen) atoms. The maximum atomic E-state index is 14.0. The second kappa shape index (κ2) is 6.15. The number of hydrogen-bond acceptors (Lipinski definition) is 2. The van der Waals surface area contributed by atoms with E-state index < -0.39 is 16.2 Å². The van der Waals surface area contributed by atoms with E-state index in [1.54, 1.807) is 55.5 Å². The molecule has 0 aliphatic carbocycles. The summed E-state index contributed by atoms with van der Waals surface area (Å²) in [5.74, 6) is 0. The number of alkyl halides is 1. The number of halogens is 1. The summed E-state index contributed by atoms with van der Waals surface area (Å²) in [6, 6.07) is 15.1.